The van der Waals surface area contributed by atoms with Gasteiger partial charge in [-0.2, -0.15) is 0 Å². The van der Waals surface area contributed by atoms with Gasteiger partial charge in [-0.25, -0.2) is 4.79 Å². The van der Waals surface area contributed by atoms with Crippen molar-refractivity contribution in [1.82, 2.24) is 4.98 Å². The van der Waals surface area contributed by atoms with Crippen LogP contribution in [-0.2, 0) is 9.53 Å². The predicted octanol–water partition coefficient (Wildman–Crippen LogP) is -0.905. The van der Waals surface area contributed by atoms with Crippen LogP contribution in [0.15, 0.2) is 18.2 Å². The minimum atomic E-state index is -0.484. The summed E-state index contributed by atoms with van der Waals surface area (Å²) in [7, 11) is 2.17. The van der Waals surface area contributed by atoms with E-state index in [0.29, 0.717) is 24.6 Å². The van der Waals surface area contributed by atoms with Crippen molar-refractivity contribution in [2.75, 3.05) is 58.3 Å². The van der Waals surface area contributed by atoms with Gasteiger partial charge in [-0.15, -0.1) is 0 Å². The van der Waals surface area contributed by atoms with E-state index in [4.69, 9.17) is 9.47 Å². The van der Waals surface area contributed by atoms with Crippen LogP contribution < -0.4 is 19.9 Å². The summed E-state index contributed by atoms with van der Waals surface area (Å²) in [5.74, 6) is 0.0953. The van der Waals surface area contributed by atoms with Gasteiger partial charge in [-0.05, 0) is 32.0 Å². The number of ether oxygens (including phenoxy) is 2. The van der Waals surface area contributed by atoms with Crippen LogP contribution in [0.5, 0.6) is 5.75 Å². The van der Waals surface area contributed by atoms with Crippen molar-refractivity contribution >= 4 is 28.5 Å². The fourth-order valence-corrected chi connectivity index (χ4v) is 3.53. The molecule has 8 heteroatoms. The lowest BCUT2D eigenvalue weighted by Gasteiger charge is -2.26. The Bertz CT molecular complexity index is 840. The van der Waals surface area contributed by atoms with E-state index in [1.54, 1.807) is 6.92 Å². The maximum atomic E-state index is 12.7. The number of anilines is 1. The second kappa shape index (κ2) is 9.07. The Morgan fingerprint density at radius 3 is 2.57 bits per heavy atom. The van der Waals surface area contributed by atoms with E-state index >= 15 is 0 Å². The fraction of sp³-hybridized carbons (Fsp3) is 0.500. The molecule has 1 aliphatic rings. The number of nitrogens with one attached hydrogen (secondary N) is 4. The van der Waals surface area contributed by atoms with Crippen molar-refractivity contribution < 1.29 is 28.9 Å². The molecule has 2 heterocycles. The van der Waals surface area contributed by atoms with Gasteiger partial charge in [0.2, 0.25) is 0 Å². The molecule has 3 rings (SSSR count). The first-order valence-corrected chi connectivity index (χ1v) is 9.92. The number of benzene rings is 1. The number of likely N-dealkylation sites (N-methyl/N-ethyl adjacent to an activating group) is 1. The number of aromatic nitrogens is 1. The topological polar surface area (TPSA) is 89.3 Å². The molecule has 1 aromatic carbocycles. The number of carbonyl (C=O) groups excluding carboxylic acids is 2. The van der Waals surface area contributed by atoms with E-state index < -0.39 is 5.97 Å². The first kappa shape index (κ1) is 20.2. The van der Waals surface area contributed by atoms with Crippen molar-refractivity contribution in [2.24, 2.45) is 0 Å². The molecule has 2 aromatic rings. The molecule has 152 valence electrons. The van der Waals surface area contributed by atoms with Crippen molar-refractivity contribution in [3.63, 3.8) is 0 Å². The fourth-order valence-electron chi connectivity index (χ4n) is 3.53. The number of H-pyrrole nitrogens is 1. The molecule has 0 aliphatic carbocycles. The molecule has 28 heavy (non-hydrogen) atoms. The Balaban J connectivity index is 1.85. The Morgan fingerprint density at radius 2 is 1.89 bits per heavy atom. The average molecular weight is 390 g/mol. The number of esters is 1. The molecule has 1 fully saturated rings. The van der Waals surface area contributed by atoms with Crippen LogP contribution in [-0.4, -0.2) is 69.8 Å². The Hall–Kier alpha value is -2.58. The van der Waals surface area contributed by atoms with E-state index in [0.717, 1.165) is 37.1 Å². The van der Waals surface area contributed by atoms with E-state index in [2.05, 4.69) is 17.3 Å². The highest BCUT2D eigenvalue weighted by Gasteiger charge is 2.25. The highest BCUT2D eigenvalue weighted by Crippen LogP contribution is 2.31. The summed E-state index contributed by atoms with van der Waals surface area (Å²) in [6, 6.07) is 5.51. The summed E-state index contributed by atoms with van der Waals surface area (Å²) in [4.78, 5) is 31.0. The molecule has 8 nitrogen and oxygen atoms in total. The molecule has 1 saturated heterocycles. The lowest BCUT2D eigenvalue weighted by molar-refractivity contribution is -0.999. The highest BCUT2D eigenvalue weighted by molar-refractivity contribution is 6.11. The molecular weight excluding hydrogens is 360 g/mol. The van der Waals surface area contributed by atoms with Crippen molar-refractivity contribution in [1.29, 1.82) is 0 Å². The van der Waals surface area contributed by atoms with E-state index in [9.17, 15) is 9.59 Å². The maximum absolute atomic E-state index is 12.7. The predicted molar refractivity (Wildman–Crippen MR) is 106 cm³/mol. The number of fused-ring (bicyclic) bond motifs is 1. The Kier molecular flexibility index (Phi) is 6.53. The highest BCUT2D eigenvalue weighted by atomic mass is 16.5. The van der Waals surface area contributed by atoms with E-state index in [1.807, 2.05) is 25.1 Å². The minimum Gasteiger partial charge on any atom is -0.494 e. The van der Waals surface area contributed by atoms with Crippen LogP contribution in [0.25, 0.3) is 10.9 Å². The molecule has 0 radical (unpaired) electrons. The third-order valence-electron chi connectivity index (χ3n) is 5.05. The molecule has 4 N–H and O–H groups in total. The molecule has 1 aliphatic heterocycles. The number of amides is 1. The largest absolute Gasteiger partial charge is 0.494 e. The second-order valence-corrected chi connectivity index (χ2v) is 7.17. The number of carbonyl (C=O) groups is 2. The first-order valence-electron chi connectivity index (χ1n) is 9.92. The van der Waals surface area contributed by atoms with Gasteiger partial charge in [0.1, 0.15) is 37.6 Å². The van der Waals surface area contributed by atoms with Gasteiger partial charge in [-0.1, -0.05) is 0 Å². The molecule has 0 saturated carbocycles. The summed E-state index contributed by atoms with van der Waals surface area (Å²) in [5, 5.41) is 3.68. The molecule has 1 aromatic heterocycles. The number of quaternary nitrogens is 2. The number of piperazine rings is 1. The van der Waals surface area contributed by atoms with E-state index in [1.165, 1.54) is 9.80 Å². The third-order valence-corrected chi connectivity index (χ3v) is 5.05. The summed E-state index contributed by atoms with van der Waals surface area (Å²) in [6.45, 7) is 8.89. The van der Waals surface area contributed by atoms with Gasteiger partial charge in [0, 0.05) is 10.9 Å². The zero-order valence-corrected chi connectivity index (χ0v) is 16.8. The van der Waals surface area contributed by atoms with Crippen molar-refractivity contribution in [2.45, 2.75) is 13.8 Å². The summed E-state index contributed by atoms with van der Waals surface area (Å²) < 4.78 is 10.7. The van der Waals surface area contributed by atoms with Crippen LogP contribution in [0.2, 0.25) is 0 Å². The molecule has 0 bridgehead atoms. The summed E-state index contributed by atoms with van der Waals surface area (Å²) in [6.07, 6.45) is 0. The van der Waals surface area contributed by atoms with Crippen LogP contribution in [0, 0.1) is 0 Å². The standard InChI is InChI=1S/C20H28N4O4/c1-4-27-14-6-7-16-15(12-14)18(19(21-16)20(26)28-5-2)22-17(25)13-24-10-8-23(3)9-11-24/h6-7,12,21H,4-5,8-11,13H2,1-3H3,(H,22,25)/p+2. The van der Waals surface area contributed by atoms with E-state index in [-0.39, 0.29) is 18.2 Å². The summed E-state index contributed by atoms with van der Waals surface area (Å²) >= 11 is 0. The van der Waals surface area contributed by atoms with Crippen molar-refractivity contribution in [3.8, 4) is 5.75 Å². The van der Waals surface area contributed by atoms with Gasteiger partial charge in [0.05, 0.1) is 25.9 Å². The summed E-state index contributed by atoms with van der Waals surface area (Å²) in [5.41, 5.74) is 1.47. The Morgan fingerprint density at radius 1 is 1.14 bits per heavy atom. The van der Waals surface area contributed by atoms with Crippen LogP contribution in [0.4, 0.5) is 5.69 Å². The number of rotatable bonds is 7. The maximum Gasteiger partial charge on any atom is 0.356 e. The zero-order valence-electron chi connectivity index (χ0n) is 16.8. The quantitative estimate of drug-likeness (QED) is 0.461. The lowest BCUT2D eigenvalue weighted by atomic mass is 10.2. The van der Waals surface area contributed by atoms with Crippen molar-refractivity contribution in [3.05, 3.63) is 23.9 Å². The molecular formula is C20H30N4O4+2. The SMILES string of the molecule is CCOC(=O)c1[nH]c2ccc(OCC)cc2c1NC(=O)C[NH+]1CC[NH+](C)CC1. The van der Waals surface area contributed by atoms with Gasteiger partial charge >= 0.3 is 5.97 Å². The molecule has 0 unspecified atom stereocenters. The number of hydrogen-bond donors (Lipinski definition) is 4. The van der Waals surface area contributed by atoms with Gasteiger partial charge in [0.25, 0.3) is 5.91 Å². The number of hydrogen-bond acceptors (Lipinski definition) is 4. The lowest BCUT2D eigenvalue weighted by Crippen LogP contribution is -3.27. The average Bonchev–Trinajstić information content (AvgIpc) is 3.02. The zero-order chi connectivity index (χ0) is 20.1. The van der Waals surface area contributed by atoms with Gasteiger partial charge in [0.15, 0.2) is 6.54 Å². The third kappa shape index (κ3) is 4.63. The van der Waals surface area contributed by atoms with Gasteiger partial charge in [-0.3, -0.25) is 4.79 Å². The smallest absolute Gasteiger partial charge is 0.356 e. The van der Waals surface area contributed by atoms with Crippen LogP contribution in [0.3, 0.4) is 0 Å². The molecule has 1 amide bonds. The minimum absolute atomic E-state index is 0.109. The number of aromatic amines is 1. The molecule has 0 atom stereocenters. The first-order chi connectivity index (χ1) is 13.5. The monoisotopic (exact) mass is 390 g/mol. The van der Waals surface area contributed by atoms with Gasteiger partial charge < -0.3 is 29.6 Å². The molecule has 0 spiro atoms. The second-order valence-electron chi connectivity index (χ2n) is 7.17. The Labute approximate surface area is 164 Å². The van der Waals surface area contributed by atoms with Crippen LogP contribution >= 0.6 is 0 Å². The normalized spacial score (nSPS) is 19.4. The van der Waals surface area contributed by atoms with Crippen LogP contribution in [0.1, 0.15) is 24.3 Å².